The lowest BCUT2D eigenvalue weighted by Gasteiger charge is -2.12. The summed E-state index contributed by atoms with van der Waals surface area (Å²) < 4.78 is 9.10. The Bertz CT molecular complexity index is 331. The minimum atomic E-state index is -1.39. The molecular weight excluding hydrogens is 228 g/mol. The average Bonchev–Trinajstić information content (AvgIpc) is 2.29. The third-order valence-corrected chi connectivity index (χ3v) is 2.09. The Labute approximate surface area is 99.2 Å². The molecule has 96 valence electrons. The Morgan fingerprint density at radius 3 is 2.29 bits per heavy atom. The second-order valence-corrected chi connectivity index (χ2v) is 3.15. The van der Waals surface area contributed by atoms with Gasteiger partial charge in [0.2, 0.25) is 0 Å². The zero-order chi connectivity index (χ0) is 13.4. The summed E-state index contributed by atoms with van der Waals surface area (Å²) in [5.41, 5.74) is 0.132. The van der Waals surface area contributed by atoms with Crippen molar-refractivity contribution in [2.45, 2.75) is 20.3 Å². The van der Waals surface area contributed by atoms with Crippen LogP contribution in [0.4, 0.5) is 0 Å². The normalized spacial score (nSPS) is 12.8. The largest absolute Gasteiger partial charge is 0.481 e. The average molecular weight is 244 g/mol. The number of aliphatic carboxylic acids is 1. The highest BCUT2D eigenvalue weighted by Gasteiger charge is 2.30. The number of carbonyl (C=O) groups excluding carboxylic acids is 2. The van der Waals surface area contributed by atoms with E-state index in [1.165, 1.54) is 13.2 Å². The maximum atomic E-state index is 11.4. The Morgan fingerprint density at radius 2 is 1.94 bits per heavy atom. The van der Waals surface area contributed by atoms with E-state index in [1.807, 2.05) is 0 Å². The molecule has 0 fully saturated rings. The topological polar surface area (TPSA) is 89.9 Å². The van der Waals surface area contributed by atoms with Crippen LogP contribution in [-0.2, 0) is 23.9 Å². The van der Waals surface area contributed by atoms with Crippen LogP contribution in [0.2, 0.25) is 0 Å². The zero-order valence-electron chi connectivity index (χ0n) is 10.1. The molecule has 0 aromatic rings. The van der Waals surface area contributed by atoms with Crippen LogP contribution in [0.1, 0.15) is 20.3 Å². The van der Waals surface area contributed by atoms with Gasteiger partial charge in [0, 0.05) is 12.0 Å². The molecule has 0 aromatic carbocycles. The summed E-state index contributed by atoms with van der Waals surface area (Å²) >= 11 is 0. The smallest absolute Gasteiger partial charge is 0.333 e. The van der Waals surface area contributed by atoms with Crippen LogP contribution >= 0.6 is 0 Å². The van der Waals surface area contributed by atoms with Crippen molar-refractivity contribution in [1.82, 2.24) is 0 Å². The van der Waals surface area contributed by atoms with Crippen LogP contribution < -0.4 is 0 Å². The number of rotatable bonds is 6. The van der Waals surface area contributed by atoms with Crippen LogP contribution in [0.15, 0.2) is 11.6 Å². The van der Waals surface area contributed by atoms with E-state index in [1.54, 1.807) is 13.8 Å². The number of carboxylic acids is 1. The van der Waals surface area contributed by atoms with E-state index >= 15 is 0 Å². The molecular formula is C11H16O6. The molecule has 0 bridgehead atoms. The van der Waals surface area contributed by atoms with E-state index in [-0.39, 0.29) is 18.6 Å². The number of hydrogen-bond donors (Lipinski definition) is 1. The van der Waals surface area contributed by atoms with Crippen molar-refractivity contribution in [3.8, 4) is 0 Å². The highest BCUT2D eigenvalue weighted by molar-refractivity contribution is 5.97. The number of allylic oxidation sites excluding steroid dienone is 1. The van der Waals surface area contributed by atoms with Crippen molar-refractivity contribution in [2.24, 2.45) is 5.92 Å². The van der Waals surface area contributed by atoms with Crippen LogP contribution in [0.5, 0.6) is 0 Å². The van der Waals surface area contributed by atoms with Gasteiger partial charge in [-0.3, -0.25) is 9.59 Å². The summed E-state index contributed by atoms with van der Waals surface area (Å²) in [6.45, 7) is 3.23. The van der Waals surface area contributed by atoms with Crippen molar-refractivity contribution in [3.05, 3.63) is 11.6 Å². The van der Waals surface area contributed by atoms with E-state index < -0.39 is 23.8 Å². The fourth-order valence-electron chi connectivity index (χ4n) is 1.18. The van der Waals surface area contributed by atoms with Gasteiger partial charge in [0.15, 0.2) is 5.92 Å². The van der Waals surface area contributed by atoms with Gasteiger partial charge in [0.1, 0.15) is 0 Å². The summed E-state index contributed by atoms with van der Waals surface area (Å²) in [6.07, 6.45) is 1.18. The van der Waals surface area contributed by atoms with Gasteiger partial charge in [0.25, 0.3) is 0 Å². The minimum absolute atomic E-state index is 0.0893. The zero-order valence-corrected chi connectivity index (χ0v) is 10.1. The fraction of sp³-hybridized carbons (Fsp3) is 0.545. The molecule has 0 aliphatic carbocycles. The second-order valence-electron chi connectivity index (χ2n) is 3.15. The number of carbonyl (C=O) groups is 3. The molecule has 0 aliphatic heterocycles. The van der Waals surface area contributed by atoms with Gasteiger partial charge < -0.3 is 14.6 Å². The highest BCUT2D eigenvalue weighted by atomic mass is 16.5. The summed E-state index contributed by atoms with van der Waals surface area (Å²) in [4.78, 5) is 33.5. The van der Waals surface area contributed by atoms with E-state index in [2.05, 4.69) is 9.47 Å². The third-order valence-electron chi connectivity index (χ3n) is 2.09. The number of hydrogen-bond acceptors (Lipinski definition) is 5. The molecule has 0 rings (SSSR count). The molecule has 1 unspecified atom stereocenters. The maximum absolute atomic E-state index is 11.4. The number of ether oxygens (including phenoxy) is 2. The van der Waals surface area contributed by atoms with Gasteiger partial charge in [-0.2, -0.15) is 0 Å². The summed E-state index contributed by atoms with van der Waals surface area (Å²) in [5.74, 6) is -4.22. The summed E-state index contributed by atoms with van der Waals surface area (Å²) in [5, 5.41) is 8.89. The molecule has 0 aliphatic rings. The van der Waals surface area contributed by atoms with Crippen molar-refractivity contribution in [3.63, 3.8) is 0 Å². The first-order valence-corrected chi connectivity index (χ1v) is 5.10. The third kappa shape index (κ3) is 4.67. The lowest BCUT2D eigenvalue weighted by molar-refractivity contribution is -0.158. The second kappa shape index (κ2) is 7.43. The van der Waals surface area contributed by atoms with E-state index in [0.717, 1.165) is 0 Å². The van der Waals surface area contributed by atoms with Crippen LogP contribution in [0, 0.1) is 5.92 Å². The van der Waals surface area contributed by atoms with Gasteiger partial charge in [-0.25, -0.2) is 4.79 Å². The lowest BCUT2D eigenvalue weighted by Crippen LogP contribution is -2.27. The van der Waals surface area contributed by atoms with Crippen molar-refractivity contribution in [1.29, 1.82) is 0 Å². The molecule has 6 nitrogen and oxygen atoms in total. The van der Waals surface area contributed by atoms with E-state index in [4.69, 9.17) is 5.11 Å². The predicted octanol–water partition coefficient (Wildman–Crippen LogP) is 0.760. The molecule has 0 saturated carbocycles. The van der Waals surface area contributed by atoms with Gasteiger partial charge in [-0.1, -0.05) is 6.08 Å². The van der Waals surface area contributed by atoms with Gasteiger partial charge in [-0.15, -0.1) is 0 Å². The molecule has 1 N–H and O–H groups in total. The summed E-state index contributed by atoms with van der Waals surface area (Å²) in [7, 11) is 1.19. The first-order valence-electron chi connectivity index (χ1n) is 5.10. The first-order chi connectivity index (χ1) is 7.97. The van der Waals surface area contributed by atoms with Crippen molar-refractivity contribution >= 4 is 17.9 Å². The minimum Gasteiger partial charge on any atom is -0.481 e. The number of carboxylic acid groups (broad SMARTS) is 1. The van der Waals surface area contributed by atoms with Gasteiger partial charge in [0.05, 0.1) is 13.7 Å². The molecule has 6 heteroatoms. The predicted molar refractivity (Wildman–Crippen MR) is 58.1 cm³/mol. The van der Waals surface area contributed by atoms with Crippen LogP contribution in [0.25, 0.3) is 0 Å². The summed E-state index contributed by atoms with van der Waals surface area (Å²) in [6, 6.07) is 0. The Hall–Kier alpha value is -1.85. The lowest BCUT2D eigenvalue weighted by atomic mass is 9.99. The fourth-order valence-corrected chi connectivity index (χ4v) is 1.18. The first kappa shape index (κ1) is 15.2. The molecule has 0 amide bonds. The molecule has 0 heterocycles. The standard InChI is InChI=1S/C11H16O6/c1-4-7(10(14)16-3)6-8(9(12)13)11(15)17-5-2/h4,8H,5-6H2,1-3H3,(H,12,13)/b7-4+. The Balaban J connectivity index is 4.81. The van der Waals surface area contributed by atoms with Gasteiger partial charge in [-0.05, 0) is 13.8 Å². The molecule has 1 atom stereocenters. The van der Waals surface area contributed by atoms with Crippen molar-refractivity contribution < 1.29 is 29.0 Å². The monoisotopic (exact) mass is 244 g/mol. The maximum Gasteiger partial charge on any atom is 0.333 e. The van der Waals surface area contributed by atoms with Gasteiger partial charge >= 0.3 is 17.9 Å². The van der Waals surface area contributed by atoms with Crippen LogP contribution in [-0.4, -0.2) is 36.7 Å². The van der Waals surface area contributed by atoms with E-state index in [9.17, 15) is 14.4 Å². The SMILES string of the molecule is C/C=C(\CC(C(=O)O)C(=O)OCC)C(=O)OC. The van der Waals surface area contributed by atoms with Crippen molar-refractivity contribution in [2.75, 3.05) is 13.7 Å². The number of esters is 2. The molecule has 0 aromatic heterocycles. The highest BCUT2D eigenvalue weighted by Crippen LogP contribution is 2.15. The molecule has 0 radical (unpaired) electrons. The van der Waals surface area contributed by atoms with E-state index in [0.29, 0.717) is 0 Å². The molecule has 0 saturated heterocycles. The number of methoxy groups -OCH3 is 1. The molecule has 17 heavy (non-hydrogen) atoms. The molecule has 0 spiro atoms. The van der Waals surface area contributed by atoms with Crippen LogP contribution in [0.3, 0.4) is 0 Å². The quantitative estimate of drug-likeness (QED) is 0.421. The Morgan fingerprint density at radius 1 is 1.35 bits per heavy atom. The Kier molecular flexibility index (Phi) is 6.62.